The largest absolute Gasteiger partial charge is 0.462 e. The van der Waals surface area contributed by atoms with E-state index < -0.39 is 16.0 Å². The van der Waals surface area contributed by atoms with Crippen LogP contribution in [0.4, 0.5) is 0 Å². The highest BCUT2D eigenvalue weighted by Crippen LogP contribution is 2.25. The Hall–Kier alpha value is -0.960. The number of benzene rings is 1. The number of nitrogens with zero attached hydrogens (tertiary/aromatic N) is 1. The quantitative estimate of drug-likeness (QED) is 0.790. The number of hydrogen-bond acceptors (Lipinski definition) is 5. The van der Waals surface area contributed by atoms with Crippen LogP contribution >= 0.6 is 15.9 Å². The van der Waals surface area contributed by atoms with E-state index in [0.717, 1.165) is 0 Å². The fourth-order valence-electron chi connectivity index (χ4n) is 2.36. The second kappa shape index (κ2) is 7.08. The topological polar surface area (TPSA) is 75.7 Å². The molecule has 1 atom stereocenters. The molecule has 0 saturated carbocycles. The fourth-order valence-corrected chi connectivity index (χ4v) is 4.71. The van der Waals surface area contributed by atoms with Crippen molar-refractivity contribution in [2.45, 2.75) is 24.8 Å². The van der Waals surface area contributed by atoms with Crippen molar-refractivity contribution >= 4 is 31.9 Å². The Balaban J connectivity index is 2.40. The summed E-state index contributed by atoms with van der Waals surface area (Å²) in [6, 6.07) is 4.29. The summed E-state index contributed by atoms with van der Waals surface area (Å²) in [5.74, 6) is -0.534. The Morgan fingerprint density at radius 1 is 1.45 bits per heavy atom. The molecule has 1 aliphatic rings. The van der Waals surface area contributed by atoms with E-state index >= 15 is 0 Å². The molecule has 1 heterocycles. The number of hydrogen-bond donors (Lipinski definition) is 1. The number of piperazine rings is 1. The van der Waals surface area contributed by atoms with Gasteiger partial charge in [0.1, 0.15) is 0 Å². The number of nitrogens with one attached hydrogen (secondary N) is 1. The van der Waals surface area contributed by atoms with E-state index in [1.807, 2.05) is 6.92 Å². The van der Waals surface area contributed by atoms with Gasteiger partial charge in [0.25, 0.3) is 0 Å². The molecule has 1 saturated heterocycles. The molecule has 122 valence electrons. The maximum Gasteiger partial charge on any atom is 0.338 e. The second-order valence-corrected chi connectivity index (χ2v) is 7.87. The summed E-state index contributed by atoms with van der Waals surface area (Å²) >= 11 is 3.26. The van der Waals surface area contributed by atoms with Gasteiger partial charge in [0.15, 0.2) is 0 Å². The summed E-state index contributed by atoms with van der Waals surface area (Å²) in [5.41, 5.74) is 0.220. The van der Waals surface area contributed by atoms with Gasteiger partial charge in [-0.3, -0.25) is 0 Å². The third kappa shape index (κ3) is 3.68. The first-order valence-electron chi connectivity index (χ1n) is 7.06. The molecule has 2 rings (SSSR count). The van der Waals surface area contributed by atoms with Gasteiger partial charge in [-0.05, 0) is 32.0 Å². The molecule has 1 aliphatic heterocycles. The van der Waals surface area contributed by atoms with Crippen LogP contribution in [0.15, 0.2) is 27.6 Å². The predicted molar refractivity (Wildman–Crippen MR) is 86.3 cm³/mol. The van der Waals surface area contributed by atoms with Crippen LogP contribution in [0.25, 0.3) is 0 Å². The predicted octanol–water partition coefficient (Wildman–Crippen LogP) is 1.61. The van der Waals surface area contributed by atoms with Crippen LogP contribution in [0.5, 0.6) is 0 Å². The van der Waals surface area contributed by atoms with E-state index in [0.29, 0.717) is 24.1 Å². The minimum atomic E-state index is -3.65. The summed E-state index contributed by atoms with van der Waals surface area (Å²) in [5, 5.41) is 3.16. The molecule has 22 heavy (non-hydrogen) atoms. The minimum Gasteiger partial charge on any atom is -0.462 e. The number of esters is 1. The molecule has 1 aromatic carbocycles. The Bertz CT molecular complexity index is 663. The van der Waals surface area contributed by atoms with Gasteiger partial charge in [0.05, 0.1) is 17.1 Å². The van der Waals surface area contributed by atoms with Gasteiger partial charge < -0.3 is 10.1 Å². The van der Waals surface area contributed by atoms with Crippen molar-refractivity contribution in [2.24, 2.45) is 0 Å². The minimum absolute atomic E-state index is 0.0960. The fraction of sp³-hybridized carbons (Fsp3) is 0.500. The van der Waals surface area contributed by atoms with Crippen LogP contribution in [0.1, 0.15) is 24.2 Å². The molecule has 0 spiro atoms. The zero-order valence-corrected chi connectivity index (χ0v) is 14.9. The van der Waals surface area contributed by atoms with Crippen LogP contribution in [0.3, 0.4) is 0 Å². The van der Waals surface area contributed by atoms with Crippen molar-refractivity contribution < 1.29 is 17.9 Å². The van der Waals surface area contributed by atoms with Gasteiger partial charge in [-0.2, -0.15) is 4.31 Å². The SMILES string of the molecule is CCOC(=O)c1cc(Br)cc(S(=O)(=O)N2CCNCC2C)c1. The van der Waals surface area contributed by atoms with E-state index in [4.69, 9.17) is 4.74 Å². The van der Waals surface area contributed by atoms with Crippen LogP contribution in [0.2, 0.25) is 0 Å². The van der Waals surface area contributed by atoms with Crippen LogP contribution < -0.4 is 5.32 Å². The van der Waals surface area contributed by atoms with Crippen LogP contribution in [0, 0.1) is 0 Å². The summed E-state index contributed by atoms with van der Waals surface area (Å²) in [6.07, 6.45) is 0. The lowest BCUT2D eigenvalue weighted by Gasteiger charge is -2.32. The third-order valence-electron chi connectivity index (χ3n) is 3.43. The van der Waals surface area contributed by atoms with E-state index in [-0.39, 0.29) is 23.1 Å². The molecule has 0 amide bonds. The number of rotatable bonds is 4. The van der Waals surface area contributed by atoms with Gasteiger partial charge in [-0.1, -0.05) is 15.9 Å². The van der Waals surface area contributed by atoms with Crippen LogP contribution in [-0.4, -0.2) is 51.0 Å². The highest BCUT2D eigenvalue weighted by Gasteiger charge is 2.31. The average molecular weight is 391 g/mol. The van der Waals surface area contributed by atoms with Gasteiger partial charge in [0, 0.05) is 30.1 Å². The van der Waals surface area contributed by atoms with Gasteiger partial charge in [-0.25, -0.2) is 13.2 Å². The molecule has 6 nitrogen and oxygen atoms in total. The first-order valence-corrected chi connectivity index (χ1v) is 9.30. The van der Waals surface area contributed by atoms with E-state index in [2.05, 4.69) is 21.2 Å². The van der Waals surface area contributed by atoms with E-state index in [1.54, 1.807) is 13.0 Å². The summed E-state index contributed by atoms with van der Waals surface area (Å²) < 4.78 is 32.5. The van der Waals surface area contributed by atoms with E-state index in [9.17, 15) is 13.2 Å². The first kappa shape index (κ1) is 17.4. The molecule has 1 fully saturated rings. The Morgan fingerprint density at radius 2 is 2.18 bits per heavy atom. The first-order chi connectivity index (χ1) is 10.4. The zero-order valence-electron chi connectivity index (χ0n) is 12.5. The number of carbonyl (C=O) groups is 1. The molecule has 1 unspecified atom stereocenters. The van der Waals surface area contributed by atoms with Crippen molar-refractivity contribution in [1.82, 2.24) is 9.62 Å². The van der Waals surface area contributed by atoms with Crippen molar-refractivity contribution in [3.63, 3.8) is 0 Å². The van der Waals surface area contributed by atoms with E-state index in [1.165, 1.54) is 16.4 Å². The Labute approximate surface area is 139 Å². The molecular weight excluding hydrogens is 372 g/mol. The van der Waals surface area contributed by atoms with Gasteiger partial charge in [0.2, 0.25) is 10.0 Å². The Kier molecular flexibility index (Phi) is 5.60. The lowest BCUT2D eigenvalue weighted by Crippen LogP contribution is -2.52. The van der Waals surface area contributed by atoms with Crippen LogP contribution in [-0.2, 0) is 14.8 Å². The number of halogens is 1. The summed E-state index contributed by atoms with van der Waals surface area (Å²) in [7, 11) is -3.65. The molecular formula is C14H19BrN2O4S. The maximum absolute atomic E-state index is 12.8. The van der Waals surface area contributed by atoms with Crippen molar-refractivity contribution in [3.05, 3.63) is 28.2 Å². The zero-order chi connectivity index (χ0) is 16.3. The highest BCUT2D eigenvalue weighted by atomic mass is 79.9. The normalized spacial score (nSPS) is 19.9. The average Bonchev–Trinajstić information content (AvgIpc) is 2.47. The van der Waals surface area contributed by atoms with Gasteiger partial charge >= 0.3 is 5.97 Å². The van der Waals surface area contributed by atoms with Crippen molar-refractivity contribution in [1.29, 1.82) is 0 Å². The second-order valence-electron chi connectivity index (χ2n) is 5.06. The lowest BCUT2D eigenvalue weighted by molar-refractivity contribution is 0.0526. The maximum atomic E-state index is 12.8. The Morgan fingerprint density at radius 3 is 2.82 bits per heavy atom. The third-order valence-corrected chi connectivity index (χ3v) is 5.88. The highest BCUT2D eigenvalue weighted by molar-refractivity contribution is 9.10. The summed E-state index contributed by atoms with van der Waals surface area (Å²) in [6.45, 7) is 5.43. The number of ether oxygens (including phenoxy) is 1. The standard InChI is InChI=1S/C14H19BrN2O4S/c1-3-21-14(18)11-6-12(15)8-13(7-11)22(19,20)17-5-4-16-9-10(17)2/h6-8,10,16H,3-5,9H2,1-2H3. The van der Waals surface area contributed by atoms with Crippen molar-refractivity contribution in [2.75, 3.05) is 26.2 Å². The summed E-state index contributed by atoms with van der Waals surface area (Å²) in [4.78, 5) is 12.0. The smallest absolute Gasteiger partial charge is 0.338 e. The monoisotopic (exact) mass is 390 g/mol. The molecule has 0 aliphatic carbocycles. The number of carbonyl (C=O) groups excluding carboxylic acids is 1. The van der Waals surface area contributed by atoms with Crippen molar-refractivity contribution in [3.8, 4) is 0 Å². The molecule has 0 radical (unpaired) electrons. The molecule has 0 aromatic heterocycles. The molecule has 0 bridgehead atoms. The van der Waals surface area contributed by atoms with Gasteiger partial charge in [-0.15, -0.1) is 0 Å². The molecule has 1 aromatic rings. The molecule has 8 heteroatoms. The lowest BCUT2D eigenvalue weighted by atomic mass is 10.2. The number of sulfonamides is 1. The molecule has 1 N–H and O–H groups in total.